The number of ether oxygens (including phenoxy) is 6. The Labute approximate surface area is 269 Å². The van der Waals surface area contributed by atoms with Gasteiger partial charge >= 0.3 is 23.9 Å². The molecule has 2 N–H and O–H groups in total. The van der Waals surface area contributed by atoms with Crippen LogP contribution in [0.3, 0.4) is 0 Å². The van der Waals surface area contributed by atoms with E-state index in [1.54, 1.807) is 54.6 Å². The van der Waals surface area contributed by atoms with Crippen LogP contribution in [0.4, 0.5) is 5.69 Å². The normalized spacial score (nSPS) is 24.7. The van der Waals surface area contributed by atoms with Crippen molar-refractivity contribution >= 4 is 35.5 Å². The van der Waals surface area contributed by atoms with Crippen LogP contribution in [0.1, 0.15) is 44.4 Å². The van der Waals surface area contributed by atoms with E-state index in [1.807, 2.05) is 0 Å². The lowest BCUT2D eigenvalue weighted by Crippen LogP contribution is -2.63. The fourth-order valence-corrected chi connectivity index (χ4v) is 5.96. The zero-order valence-corrected chi connectivity index (χ0v) is 26.0. The molecule has 6 atom stereocenters. The Kier molecular flexibility index (Phi) is 9.47. The van der Waals surface area contributed by atoms with E-state index in [0.717, 1.165) is 20.8 Å². The van der Waals surface area contributed by atoms with E-state index in [1.165, 1.54) is 25.1 Å². The van der Waals surface area contributed by atoms with Gasteiger partial charge in [-0.15, -0.1) is 0 Å². The fraction of sp³-hybridized carbons (Fsp3) is 0.324. The van der Waals surface area contributed by atoms with Crippen molar-refractivity contribution in [3.8, 4) is 11.5 Å². The van der Waals surface area contributed by atoms with Crippen molar-refractivity contribution in [1.29, 1.82) is 0 Å². The molecule has 0 saturated carbocycles. The summed E-state index contributed by atoms with van der Waals surface area (Å²) in [6, 6.07) is 20.2. The number of hydrogen-bond acceptors (Lipinski definition) is 12. The predicted molar refractivity (Wildman–Crippen MR) is 162 cm³/mol. The van der Waals surface area contributed by atoms with Crippen molar-refractivity contribution in [3.05, 3.63) is 89.5 Å². The maximum absolute atomic E-state index is 13.9. The minimum Gasteiger partial charge on any atom is -0.508 e. The number of amides is 1. The highest BCUT2D eigenvalue weighted by Gasteiger charge is 2.54. The van der Waals surface area contributed by atoms with Crippen molar-refractivity contribution in [2.45, 2.75) is 63.8 Å². The second kappa shape index (κ2) is 13.5. The van der Waals surface area contributed by atoms with Gasteiger partial charge in [0.05, 0.1) is 0 Å². The summed E-state index contributed by atoms with van der Waals surface area (Å²) in [6.07, 6.45) is -7.05. The number of carbonyl (C=O) groups excluding carboxylic acids is 5. The maximum Gasteiger partial charge on any atom is 0.303 e. The van der Waals surface area contributed by atoms with E-state index < -0.39 is 72.5 Å². The highest BCUT2D eigenvalue weighted by atomic mass is 16.7. The first-order valence-corrected chi connectivity index (χ1v) is 14.7. The standard InChI is InChI=1S/C34H33NO12/c1-18(36)42-17-28-29(43-19(2)37)30(44-20(3)38)31(45-21(4)39)32(47-28)46-23-14-15-27(40)25(16-23)34(22-10-6-5-7-11-22)24-12-8-9-13-26(24)35-33(34)41/h5-16,28-32,40H,17H2,1-4H3,(H,35,41). The van der Waals surface area contributed by atoms with Crippen molar-refractivity contribution in [1.82, 2.24) is 0 Å². The minimum absolute atomic E-state index is 0.0613. The molecule has 1 saturated heterocycles. The summed E-state index contributed by atoms with van der Waals surface area (Å²) in [4.78, 5) is 62.2. The van der Waals surface area contributed by atoms with Gasteiger partial charge in [-0.05, 0) is 29.8 Å². The topological polar surface area (TPSA) is 173 Å². The van der Waals surface area contributed by atoms with Crippen LogP contribution >= 0.6 is 0 Å². The molecule has 5 rings (SSSR count). The molecule has 13 nitrogen and oxygen atoms in total. The summed E-state index contributed by atoms with van der Waals surface area (Å²) in [5.41, 5.74) is 0.404. The first kappa shape index (κ1) is 32.9. The zero-order chi connectivity index (χ0) is 33.9. The molecule has 1 fully saturated rings. The molecular formula is C34H33NO12. The van der Waals surface area contributed by atoms with Gasteiger partial charge in [-0.1, -0.05) is 48.5 Å². The molecule has 0 spiro atoms. The van der Waals surface area contributed by atoms with Crippen molar-refractivity contribution in [2.75, 3.05) is 11.9 Å². The molecule has 2 aliphatic rings. The predicted octanol–water partition coefficient (Wildman–Crippen LogP) is 3.14. The lowest BCUT2D eigenvalue weighted by atomic mass is 9.70. The van der Waals surface area contributed by atoms with Crippen LogP contribution < -0.4 is 10.1 Å². The molecule has 2 aliphatic heterocycles. The van der Waals surface area contributed by atoms with Gasteiger partial charge in [0.2, 0.25) is 18.3 Å². The van der Waals surface area contributed by atoms with E-state index in [-0.39, 0.29) is 17.1 Å². The monoisotopic (exact) mass is 647 g/mol. The van der Waals surface area contributed by atoms with E-state index >= 15 is 0 Å². The lowest BCUT2D eigenvalue weighted by molar-refractivity contribution is -0.288. The molecule has 0 aromatic heterocycles. The SMILES string of the molecule is CC(=O)OCC1OC(Oc2ccc(O)c(C3(c4ccccc4)C(=O)Nc4ccccc43)c2)C(OC(C)=O)C(OC(C)=O)C1OC(C)=O. The van der Waals surface area contributed by atoms with Crippen molar-refractivity contribution < 1.29 is 57.5 Å². The summed E-state index contributed by atoms with van der Waals surface area (Å²) < 4.78 is 33.8. The van der Waals surface area contributed by atoms with Crippen LogP contribution in [0.15, 0.2) is 72.8 Å². The van der Waals surface area contributed by atoms with E-state index in [4.69, 9.17) is 28.4 Å². The average molecular weight is 648 g/mol. The summed E-state index contributed by atoms with van der Waals surface area (Å²) in [7, 11) is 0. The average Bonchev–Trinajstić information content (AvgIpc) is 3.32. The van der Waals surface area contributed by atoms with E-state index in [2.05, 4.69) is 5.32 Å². The first-order valence-electron chi connectivity index (χ1n) is 14.7. The van der Waals surface area contributed by atoms with Gasteiger partial charge < -0.3 is 38.8 Å². The molecule has 13 heteroatoms. The summed E-state index contributed by atoms with van der Waals surface area (Å²) >= 11 is 0. The van der Waals surface area contributed by atoms with Crippen LogP contribution in [-0.4, -0.2) is 72.2 Å². The summed E-state index contributed by atoms with van der Waals surface area (Å²) in [5, 5.41) is 14.2. The summed E-state index contributed by atoms with van der Waals surface area (Å²) in [6.45, 7) is 4.08. The Morgan fingerprint density at radius 3 is 2.04 bits per heavy atom. The second-order valence-corrected chi connectivity index (χ2v) is 11.0. The number of esters is 4. The number of fused-ring (bicyclic) bond motifs is 1. The number of carbonyl (C=O) groups is 5. The minimum atomic E-state index is -1.52. The molecule has 0 bridgehead atoms. The third-order valence-corrected chi connectivity index (χ3v) is 7.70. The molecule has 3 aromatic rings. The van der Waals surface area contributed by atoms with Crippen LogP contribution in [0.2, 0.25) is 0 Å². The van der Waals surface area contributed by atoms with Crippen LogP contribution in [0, 0.1) is 0 Å². The molecule has 6 unspecified atom stereocenters. The van der Waals surface area contributed by atoms with Crippen molar-refractivity contribution in [3.63, 3.8) is 0 Å². The number of hydrogen-bond donors (Lipinski definition) is 2. The van der Waals surface area contributed by atoms with Gasteiger partial charge in [-0.2, -0.15) is 0 Å². The fourth-order valence-electron chi connectivity index (χ4n) is 5.96. The Morgan fingerprint density at radius 1 is 0.766 bits per heavy atom. The highest BCUT2D eigenvalue weighted by Crippen LogP contribution is 2.51. The molecule has 1 amide bonds. The molecule has 47 heavy (non-hydrogen) atoms. The van der Waals surface area contributed by atoms with E-state index in [9.17, 15) is 29.1 Å². The number of anilines is 1. The Morgan fingerprint density at radius 2 is 1.38 bits per heavy atom. The van der Waals surface area contributed by atoms with Gasteiger partial charge in [0.15, 0.2) is 12.2 Å². The smallest absolute Gasteiger partial charge is 0.303 e. The number of aromatic hydroxyl groups is 1. The Hall–Kier alpha value is -5.43. The Bertz CT molecular complexity index is 1690. The summed E-state index contributed by atoms with van der Waals surface area (Å²) in [5.74, 6) is -3.58. The quantitative estimate of drug-likeness (QED) is 0.257. The van der Waals surface area contributed by atoms with Gasteiger partial charge in [-0.3, -0.25) is 24.0 Å². The number of phenolic OH excluding ortho intramolecular Hbond substituents is 1. The number of rotatable bonds is 9. The van der Waals surface area contributed by atoms with Crippen molar-refractivity contribution in [2.24, 2.45) is 0 Å². The zero-order valence-electron chi connectivity index (χ0n) is 26.0. The van der Waals surface area contributed by atoms with Crippen LogP contribution in [0.25, 0.3) is 0 Å². The first-order chi connectivity index (χ1) is 22.4. The molecule has 3 aromatic carbocycles. The molecule has 0 aliphatic carbocycles. The van der Waals surface area contributed by atoms with E-state index in [0.29, 0.717) is 16.8 Å². The van der Waals surface area contributed by atoms with Gasteiger partial charge in [0.25, 0.3) is 0 Å². The third kappa shape index (κ3) is 6.61. The molecule has 246 valence electrons. The number of para-hydroxylation sites is 1. The number of phenols is 1. The second-order valence-electron chi connectivity index (χ2n) is 11.0. The number of nitrogens with one attached hydrogen (secondary N) is 1. The lowest BCUT2D eigenvalue weighted by Gasteiger charge is -2.44. The molecular weight excluding hydrogens is 614 g/mol. The third-order valence-electron chi connectivity index (χ3n) is 7.70. The van der Waals surface area contributed by atoms with Crippen LogP contribution in [-0.2, 0) is 53.1 Å². The highest BCUT2D eigenvalue weighted by molar-refractivity contribution is 6.11. The van der Waals surface area contributed by atoms with Crippen LogP contribution in [0.5, 0.6) is 11.5 Å². The van der Waals surface area contributed by atoms with Gasteiger partial charge in [-0.25, -0.2) is 0 Å². The van der Waals surface area contributed by atoms with Gasteiger partial charge in [0.1, 0.15) is 29.6 Å². The van der Waals surface area contributed by atoms with Gasteiger partial charge in [0, 0.05) is 44.5 Å². The largest absolute Gasteiger partial charge is 0.508 e. The molecule has 2 heterocycles. The Balaban J connectivity index is 1.61. The maximum atomic E-state index is 13.9. The molecule has 0 radical (unpaired) electrons. The number of benzene rings is 3.